The van der Waals surface area contributed by atoms with Gasteiger partial charge in [-0.1, -0.05) is 48.5 Å². The average Bonchev–Trinajstić information content (AvgIpc) is 3.22. The maximum Gasteiger partial charge on any atom is 0.336 e. The first-order chi connectivity index (χ1) is 14.8. The average molecular weight is 434 g/mol. The molecule has 7 heteroatoms. The third-order valence-corrected chi connectivity index (χ3v) is 6.63. The number of aromatic nitrogens is 2. The van der Waals surface area contributed by atoms with Crippen LogP contribution in [0.2, 0.25) is 0 Å². The molecule has 0 fully saturated rings. The van der Waals surface area contributed by atoms with Crippen molar-refractivity contribution in [2.24, 2.45) is 0 Å². The van der Waals surface area contributed by atoms with E-state index in [-0.39, 0.29) is 18.0 Å². The molecule has 0 aliphatic carbocycles. The van der Waals surface area contributed by atoms with E-state index >= 15 is 0 Å². The first-order valence-corrected chi connectivity index (χ1v) is 10.8. The van der Waals surface area contributed by atoms with Crippen molar-refractivity contribution in [3.8, 4) is 0 Å². The minimum atomic E-state index is -0.445. The lowest BCUT2D eigenvalue weighted by Gasteiger charge is -2.07. The molecule has 0 unspecified atom stereocenters. The van der Waals surface area contributed by atoms with Gasteiger partial charge in [-0.05, 0) is 43.0 Å². The molecule has 2 aromatic carbocycles. The number of amides is 1. The fourth-order valence-electron chi connectivity index (χ4n) is 3.46. The van der Waals surface area contributed by atoms with E-state index in [1.54, 1.807) is 6.92 Å². The molecular weight excluding hydrogens is 410 g/mol. The summed E-state index contributed by atoms with van der Waals surface area (Å²) in [6.45, 7) is 6.34. The first-order valence-electron chi connectivity index (χ1n) is 9.99. The van der Waals surface area contributed by atoms with E-state index in [9.17, 15) is 14.4 Å². The summed E-state index contributed by atoms with van der Waals surface area (Å²) in [7, 11) is 0. The molecule has 0 bridgehead atoms. The van der Waals surface area contributed by atoms with Crippen molar-refractivity contribution in [3.63, 3.8) is 0 Å². The van der Waals surface area contributed by atoms with E-state index in [4.69, 9.17) is 0 Å². The normalized spacial score (nSPS) is 11.1. The number of rotatable bonds is 5. The predicted octanol–water partition coefficient (Wildman–Crippen LogP) is 3.43. The zero-order valence-electron chi connectivity index (χ0n) is 17.6. The summed E-state index contributed by atoms with van der Waals surface area (Å²) in [5.74, 6) is -0.271. The Morgan fingerprint density at radius 3 is 2.42 bits per heavy atom. The van der Waals surface area contributed by atoms with Gasteiger partial charge in [0.15, 0.2) is 0 Å². The highest BCUT2D eigenvalue weighted by molar-refractivity contribution is 7.19. The van der Waals surface area contributed by atoms with E-state index in [1.807, 2.05) is 62.4 Å². The van der Waals surface area contributed by atoms with E-state index in [0.29, 0.717) is 21.8 Å². The van der Waals surface area contributed by atoms with Crippen LogP contribution in [0, 0.1) is 20.8 Å². The van der Waals surface area contributed by atoms with Crippen LogP contribution < -0.4 is 16.6 Å². The lowest BCUT2D eigenvalue weighted by molar-refractivity contribution is 0.0954. The molecule has 1 amide bonds. The van der Waals surface area contributed by atoms with Crippen molar-refractivity contribution in [2.45, 2.75) is 33.9 Å². The lowest BCUT2D eigenvalue weighted by atomic mass is 10.1. The maximum atomic E-state index is 13.0. The van der Waals surface area contributed by atoms with E-state index in [1.165, 1.54) is 26.3 Å². The molecule has 0 saturated carbocycles. The van der Waals surface area contributed by atoms with Crippen LogP contribution in [-0.4, -0.2) is 14.9 Å². The summed E-state index contributed by atoms with van der Waals surface area (Å²) >= 11 is 1.15. The number of benzene rings is 2. The maximum absolute atomic E-state index is 13.0. The Hall–Kier alpha value is -3.45. The molecule has 0 radical (unpaired) electrons. The van der Waals surface area contributed by atoms with E-state index in [0.717, 1.165) is 22.5 Å². The molecule has 0 spiro atoms. The zero-order chi connectivity index (χ0) is 22.1. The minimum absolute atomic E-state index is 0.187. The fraction of sp³-hybridized carbons (Fsp3) is 0.208. The largest absolute Gasteiger partial charge is 0.347 e. The van der Waals surface area contributed by atoms with Crippen LogP contribution in [0.15, 0.2) is 64.3 Å². The monoisotopic (exact) mass is 433 g/mol. The number of nitrogens with zero attached hydrogens (tertiary/aromatic N) is 2. The topological polar surface area (TPSA) is 72.6 Å². The summed E-state index contributed by atoms with van der Waals surface area (Å²) in [5.41, 5.74) is 3.91. The number of hydrogen-bond donors (Lipinski definition) is 1. The predicted molar refractivity (Wildman–Crippen MR) is 123 cm³/mol. The number of aryl methyl sites for hydroxylation is 3. The van der Waals surface area contributed by atoms with Crippen molar-refractivity contribution in [1.82, 2.24) is 14.3 Å². The van der Waals surface area contributed by atoms with Crippen molar-refractivity contribution in [2.75, 3.05) is 0 Å². The van der Waals surface area contributed by atoms with Gasteiger partial charge in [-0.15, -0.1) is 11.3 Å². The van der Waals surface area contributed by atoms with Gasteiger partial charge in [-0.3, -0.25) is 18.6 Å². The van der Waals surface area contributed by atoms with Crippen LogP contribution >= 0.6 is 11.3 Å². The van der Waals surface area contributed by atoms with Crippen LogP contribution in [0.5, 0.6) is 0 Å². The number of carbonyl (C=O) groups is 1. The van der Waals surface area contributed by atoms with Gasteiger partial charge in [0.25, 0.3) is 11.5 Å². The Kier molecular flexibility index (Phi) is 5.61. The van der Waals surface area contributed by atoms with Crippen LogP contribution in [0.1, 0.15) is 37.5 Å². The molecule has 4 aromatic rings. The highest BCUT2D eigenvalue weighted by atomic mass is 32.1. The second-order valence-corrected chi connectivity index (χ2v) is 8.69. The molecule has 0 saturated heterocycles. The first kappa shape index (κ1) is 20.8. The van der Waals surface area contributed by atoms with Gasteiger partial charge in [0.05, 0.1) is 6.54 Å². The Morgan fingerprint density at radius 2 is 1.71 bits per heavy atom. The van der Waals surface area contributed by atoms with Crippen LogP contribution in [0.25, 0.3) is 4.83 Å². The summed E-state index contributed by atoms with van der Waals surface area (Å²) in [5, 5.41) is 2.90. The molecule has 31 heavy (non-hydrogen) atoms. The van der Waals surface area contributed by atoms with Gasteiger partial charge in [-0.2, -0.15) is 0 Å². The molecule has 6 nitrogen and oxygen atoms in total. The molecule has 0 aliphatic heterocycles. The van der Waals surface area contributed by atoms with Crippen LogP contribution in [-0.2, 0) is 13.1 Å². The van der Waals surface area contributed by atoms with Crippen molar-refractivity contribution < 1.29 is 4.79 Å². The highest BCUT2D eigenvalue weighted by Crippen LogP contribution is 2.18. The van der Waals surface area contributed by atoms with Gasteiger partial charge in [0.2, 0.25) is 0 Å². The smallest absolute Gasteiger partial charge is 0.336 e. The van der Waals surface area contributed by atoms with Gasteiger partial charge in [0, 0.05) is 18.3 Å². The van der Waals surface area contributed by atoms with Crippen LogP contribution in [0.4, 0.5) is 0 Å². The van der Waals surface area contributed by atoms with Crippen LogP contribution in [0.3, 0.4) is 0 Å². The summed E-state index contributed by atoms with van der Waals surface area (Å²) in [6, 6.07) is 15.4. The Morgan fingerprint density at radius 1 is 0.968 bits per heavy atom. The third-order valence-electron chi connectivity index (χ3n) is 5.43. The van der Waals surface area contributed by atoms with Gasteiger partial charge in [0.1, 0.15) is 9.71 Å². The van der Waals surface area contributed by atoms with E-state index in [2.05, 4.69) is 5.32 Å². The molecule has 158 valence electrons. The minimum Gasteiger partial charge on any atom is -0.347 e. The van der Waals surface area contributed by atoms with Gasteiger partial charge >= 0.3 is 5.69 Å². The lowest BCUT2D eigenvalue weighted by Crippen LogP contribution is -2.38. The van der Waals surface area contributed by atoms with Crippen molar-refractivity contribution >= 4 is 22.1 Å². The number of nitrogens with one attached hydrogen (secondary N) is 1. The number of hydrogen-bond acceptors (Lipinski definition) is 4. The second kappa shape index (κ2) is 8.35. The second-order valence-electron chi connectivity index (χ2n) is 7.66. The Balaban J connectivity index is 1.64. The molecule has 0 atom stereocenters. The standard InChI is InChI=1S/C24H23N3O3S/c1-15-9-10-19(11-16(15)2)12-25-21(28)20-14-27-23(31-20)17(3)22(29)26(24(27)30)13-18-7-5-4-6-8-18/h4-11,14H,12-13H2,1-3H3,(H,25,28). The van der Waals surface area contributed by atoms with Gasteiger partial charge in [-0.25, -0.2) is 4.79 Å². The van der Waals surface area contributed by atoms with E-state index < -0.39 is 5.69 Å². The Labute approximate surface area is 183 Å². The fourth-order valence-corrected chi connectivity index (χ4v) is 4.46. The molecule has 4 rings (SSSR count). The van der Waals surface area contributed by atoms with Crippen molar-refractivity contribution in [3.05, 3.63) is 108 Å². The number of fused-ring (bicyclic) bond motifs is 1. The molecule has 0 aliphatic rings. The zero-order valence-corrected chi connectivity index (χ0v) is 18.5. The molecule has 1 N–H and O–H groups in total. The quantitative estimate of drug-likeness (QED) is 0.524. The molecule has 2 aromatic heterocycles. The SMILES string of the molecule is Cc1ccc(CNC(=O)c2cn3c(=O)n(Cc4ccccc4)c(=O)c(C)c3s2)cc1C. The van der Waals surface area contributed by atoms with Gasteiger partial charge < -0.3 is 5.32 Å². The number of thiazole rings is 1. The molecule has 2 heterocycles. The summed E-state index contributed by atoms with van der Waals surface area (Å²) in [6.07, 6.45) is 1.52. The van der Waals surface area contributed by atoms with Crippen molar-refractivity contribution in [1.29, 1.82) is 0 Å². The highest BCUT2D eigenvalue weighted by Gasteiger charge is 2.17. The number of carbonyl (C=O) groups excluding carboxylic acids is 1. The summed E-state index contributed by atoms with van der Waals surface area (Å²) < 4.78 is 2.61. The summed E-state index contributed by atoms with van der Waals surface area (Å²) in [4.78, 5) is 39.4. The Bertz CT molecular complexity index is 1400. The molecular formula is C24H23N3O3S. The third kappa shape index (κ3) is 4.09.